The molecular formula is C14H14N4O2S. The zero-order valence-electron chi connectivity index (χ0n) is 11.9. The summed E-state index contributed by atoms with van der Waals surface area (Å²) in [6.45, 7) is 5.19. The van der Waals surface area contributed by atoms with Gasteiger partial charge in [0.25, 0.3) is 5.56 Å². The molecule has 21 heavy (non-hydrogen) atoms. The third-order valence-electron chi connectivity index (χ3n) is 2.99. The fourth-order valence-corrected chi connectivity index (χ4v) is 2.66. The molecule has 0 spiro atoms. The van der Waals surface area contributed by atoms with Gasteiger partial charge in [-0.1, -0.05) is 0 Å². The highest BCUT2D eigenvalue weighted by Crippen LogP contribution is 2.16. The van der Waals surface area contributed by atoms with Gasteiger partial charge in [0.1, 0.15) is 18.2 Å². The van der Waals surface area contributed by atoms with Gasteiger partial charge in [0.2, 0.25) is 5.91 Å². The molecule has 2 aromatic rings. The van der Waals surface area contributed by atoms with E-state index in [2.05, 4.69) is 10.3 Å². The molecule has 2 rings (SSSR count). The van der Waals surface area contributed by atoms with Crippen molar-refractivity contribution >= 4 is 22.4 Å². The third-order valence-corrected chi connectivity index (χ3v) is 3.81. The van der Waals surface area contributed by atoms with E-state index in [-0.39, 0.29) is 18.0 Å². The number of hydrogen-bond acceptors (Lipinski definition) is 5. The van der Waals surface area contributed by atoms with Gasteiger partial charge >= 0.3 is 0 Å². The molecule has 0 atom stereocenters. The number of aromatic nitrogens is 2. The smallest absolute Gasteiger partial charge is 0.269 e. The van der Waals surface area contributed by atoms with Crippen LogP contribution in [0.2, 0.25) is 0 Å². The van der Waals surface area contributed by atoms with Crippen LogP contribution in [-0.4, -0.2) is 15.5 Å². The van der Waals surface area contributed by atoms with Crippen LogP contribution in [0.3, 0.4) is 0 Å². The van der Waals surface area contributed by atoms with Crippen molar-refractivity contribution in [1.82, 2.24) is 9.55 Å². The van der Waals surface area contributed by atoms with Gasteiger partial charge in [0.15, 0.2) is 5.13 Å². The summed E-state index contributed by atoms with van der Waals surface area (Å²) in [7, 11) is 0. The lowest BCUT2D eigenvalue weighted by Gasteiger charge is -2.11. The molecule has 0 aliphatic heterocycles. The Morgan fingerprint density at radius 1 is 1.48 bits per heavy atom. The Kier molecular flexibility index (Phi) is 4.19. The normalized spacial score (nSPS) is 10.2. The van der Waals surface area contributed by atoms with E-state index in [1.54, 1.807) is 26.1 Å². The number of aryl methyl sites for hydroxylation is 3. The first-order valence-corrected chi connectivity index (χ1v) is 7.07. The Labute approximate surface area is 125 Å². The minimum Gasteiger partial charge on any atom is -0.302 e. The number of hydrogen-bond donors (Lipinski definition) is 1. The molecule has 7 heteroatoms. The highest BCUT2D eigenvalue weighted by Gasteiger charge is 2.13. The first-order valence-electron chi connectivity index (χ1n) is 6.25. The van der Waals surface area contributed by atoms with Crippen molar-refractivity contribution in [2.75, 3.05) is 5.32 Å². The van der Waals surface area contributed by atoms with E-state index in [0.717, 1.165) is 4.88 Å². The van der Waals surface area contributed by atoms with Gasteiger partial charge in [-0.15, -0.1) is 11.3 Å². The first-order chi connectivity index (χ1) is 9.92. The average molecular weight is 302 g/mol. The predicted molar refractivity (Wildman–Crippen MR) is 80.4 cm³/mol. The van der Waals surface area contributed by atoms with Crippen molar-refractivity contribution < 1.29 is 4.79 Å². The maximum atomic E-state index is 12.2. The van der Waals surface area contributed by atoms with Gasteiger partial charge in [-0.3, -0.25) is 9.59 Å². The van der Waals surface area contributed by atoms with E-state index in [1.807, 2.05) is 13.0 Å². The van der Waals surface area contributed by atoms with Crippen LogP contribution in [0.15, 0.2) is 17.1 Å². The molecule has 0 unspecified atom stereocenters. The van der Waals surface area contributed by atoms with Crippen LogP contribution in [0.5, 0.6) is 0 Å². The SMILES string of the molecule is Cc1cnc(NC(=O)Cn2c(C)cc(C)c(C#N)c2=O)s1. The number of amides is 1. The zero-order chi connectivity index (χ0) is 15.6. The molecule has 2 aromatic heterocycles. The quantitative estimate of drug-likeness (QED) is 0.935. The summed E-state index contributed by atoms with van der Waals surface area (Å²) in [4.78, 5) is 29.2. The summed E-state index contributed by atoms with van der Waals surface area (Å²) in [6.07, 6.45) is 1.66. The molecule has 0 aromatic carbocycles. The molecular weight excluding hydrogens is 288 g/mol. The second kappa shape index (κ2) is 5.89. The highest BCUT2D eigenvalue weighted by molar-refractivity contribution is 7.15. The van der Waals surface area contributed by atoms with E-state index in [9.17, 15) is 9.59 Å². The molecule has 0 saturated heterocycles. The van der Waals surface area contributed by atoms with Crippen molar-refractivity contribution in [3.8, 4) is 6.07 Å². The predicted octanol–water partition coefficient (Wildman–Crippen LogP) is 1.74. The van der Waals surface area contributed by atoms with Crippen LogP contribution >= 0.6 is 11.3 Å². The second-order valence-electron chi connectivity index (χ2n) is 4.67. The molecule has 1 amide bonds. The molecule has 0 radical (unpaired) electrons. The Morgan fingerprint density at radius 2 is 2.19 bits per heavy atom. The van der Waals surface area contributed by atoms with Crippen LogP contribution in [0, 0.1) is 32.1 Å². The number of thiazole rings is 1. The van der Waals surface area contributed by atoms with E-state index >= 15 is 0 Å². The summed E-state index contributed by atoms with van der Waals surface area (Å²) in [6, 6.07) is 3.61. The fourth-order valence-electron chi connectivity index (χ4n) is 1.97. The zero-order valence-corrected chi connectivity index (χ0v) is 12.7. The molecule has 6 nitrogen and oxygen atoms in total. The van der Waals surface area contributed by atoms with Crippen LogP contribution in [-0.2, 0) is 11.3 Å². The minimum absolute atomic E-state index is 0.0680. The fraction of sp³-hybridized carbons (Fsp3) is 0.286. The van der Waals surface area contributed by atoms with Crippen molar-refractivity contribution in [1.29, 1.82) is 5.26 Å². The molecule has 0 fully saturated rings. The van der Waals surface area contributed by atoms with E-state index in [1.165, 1.54) is 15.9 Å². The standard InChI is InChI=1S/C14H14N4O2S/c1-8-4-9(2)18(13(20)11(8)5-15)7-12(19)17-14-16-6-10(3)21-14/h4,6H,7H2,1-3H3,(H,16,17,19). The molecule has 108 valence electrons. The van der Waals surface area contributed by atoms with Crippen LogP contribution in [0.25, 0.3) is 0 Å². The third kappa shape index (κ3) is 3.17. The first kappa shape index (κ1) is 14.9. The Morgan fingerprint density at radius 3 is 2.76 bits per heavy atom. The maximum absolute atomic E-state index is 12.2. The van der Waals surface area contributed by atoms with E-state index in [0.29, 0.717) is 16.4 Å². The topological polar surface area (TPSA) is 87.8 Å². The molecule has 2 heterocycles. The van der Waals surface area contributed by atoms with Crippen LogP contribution in [0.1, 0.15) is 21.7 Å². The number of nitrogens with zero attached hydrogens (tertiary/aromatic N) is 3. The summed E-state index contributed by atoms with van der Waals surface area (Å²) in [5.74, 6) is -0.345. The van der Waals surface area contributed by atoms with Gasteiger partial charge in [0, 0.05) is 16.8 Å². The summed E-state index contributed by atoms with van der Waals surface area (Å²) in [5.41, 5.74) is 0.883. The van der Waals surface area contributed by atoms with Crippen LogP contribution < -0.4 is 10.9 Å². The Bertz CT molecular complexity index is 798. The molecule has 1 N–H and O–H groups in total. The summed E-state index contributed by atoms with van der Waals surface area (Å²) in [5, 5.41) is 12.2. The van der Waals surface area contributed by atoms with Crippen molar-refractivity contribution in [2.24, 2.45) is 0 Å². The number of anilines is 1. The van der Waals surface area contributed by atoms with Crippen molar-refractivity contribution in [3.05, 3.63) is 44.3 Å². The average Bonchev–Trinajstić information content (AvgIpc) is 2.80. The Balaban J connectivity index is 2.26. The van der Waals surface area contributed by atoms with Crippen LogP contribution in [0.4, 0.5) is 5.13 Å². The summed E-state index contributed by atoms with van der Waals surface area (Å²) < 4.78 is 1.29. The number of carbonyl (C=O) groups excluding carboxylic acids is 1. The van der Waals surface area contributed by atoms with E-state index < -0.39 is 5.56 Å². The van der Waals surface area contributed by atoms with Gasteiger partial charge in [0.05, 0.1) is 0 Å². The summed E-state index contributed by atoms with van der Waals surface area (Å²) >= 11 is 1.36. The lowest BCUT2D eigenvalue weighted by molar-refractivity contribution is -0.116. The molecule has 0 bridgehead atoms. The maximum Gasteiger partial charge on any atom is 0.269 e. The number of carbonyl (C=O) groups is 1. The lowest BCUT2D eigenvalue weighted by Crippen LogP contribution is -2.31. The number of nitriles is 1. The Hall–Kier alpha value is -2.46. The molecule has 0 aliphatic carbocycles. The lowest BCUT2D eigenvalue weighted by atomic mass is 10.1. The number of nitrogens with one attached hydrogen (secondary N) is 1. The van der Waals surface area contributed by atoms with Gasteiger partial charge in [-0.05, 0) is 32.4 Å². The second-order valence-corrected chi connectivity index (χ2v) is 5.91. The minimum atomic E-state index is -0.444. The van der Waals surface area contributed by atoms with Crippen molar-refractivity contribution in [3.63, 3.8) is 0 Å². The van der Waals surface area contributed by atoms with Crippen molar-refractivity contribution in [2.45, 2.75) is 27.3 Å². The monoisotopic (exact) mass is 302 g/mol. The van der Waals surface area contributed by atoms with Gasteiger partial charge in [-0.2, -0.15) is 5.26 Å². The number of pyridine rings is 1. The molecule has 0 aliphatic rings. The molecule has 0 saturated carbocycles. The van der Waals surface area contributed by atoms with Gasteiger partial charge < -0.3 is 9.88 Å². The highest BCUT2D eigenvalue weighted by atomic mass is 32.1. The van der Waals surface area contributed by atoms with Gasteiger partial charge in [-0.25, -0.2) is 4.98 Å². The number of rotatable bonds is 3. The van der Waals surface area contributed by atoms with E-state index in [4.69, 9.17) is 5.26 Å². The largest absolute Gasteiger partial charge is 0.302 e.